The number of hydrogen-bond donors (Lipinski definition) is 0. The first-order chi connectivity index (χ1) is 22.8. The van der Waals surface area contributed by atoms with Crippen molar-refractivity contribution >= 4 is 32.9 Å². The lowest BCUT2D eigenvalue weighted by Gasteiger charge is -2.34. The maximum absolute atomic E-state index is 2.47. The van der Waals surface area contributed by atoms with E-state index >= 15 is 0 Å². The van der Waals surface area contributed by atoms with Crippen LogP contribution in [0.4, 0.5) is 11.4 Å². The van der Waals surface area contributed by atoms with Gasteiger partial charge in [0, 0.05) is 42.0 Å². The molecule has 4 aromatic carbocycles. The molecule has 246 valence electrons. The second-order valence-electron chi connectivity index (χ2n) is 16.6. The predicted molar refractivity (Wildman–Crippen MR) is 209 cm³/mol. The molecule has 0 N–H and O–H groups in total. The first-order valence-electron chi connectivity index (χ1n) is 17.8. The molecule has 48 heavy (non-hydrogen) atoms. The average Bonchev–Trinajstić information content (AvgIpc) is 3.38. The van der Waals surface area contributed by atoms with Gasteiger partial charge >= 0.3 is 0 Å². The van der Waals surface area contributed by atoms with Crippen molar-refractivity contribution in [1.29, 1.82) is 0 Å². The summed E-state index contributed by atoms with van der Waals surface area (Å²) in [5.74, 6) is 0.594. The molecule has 2 aliphatic heterocycles. The zero-order valence-electron chi connectivity index (χ0n) is 30.4. The third-order valence-corrected chi connectivity index (χ3v) is 11.7. The van der Waals surface area contributed by atoms with Crippen LogP contribution in [0.1, 0.15) is 72.4 Å². The molecule has 3 aliphatic rings. The summed E-state index contributed by atoms with van der Waals surface area (Å²) in [5.41, 5.74) is 9.89. The van der Waals surface area contributed by atoms with Gasteiger partial charge < -0.3 is 9.80 Å². The van der Waals surface area contributed by atoms with Crippen molar-refractivity contribution in [3.63, 3.8) is 0 Å². The van der Waals surface area contributed by atoms with Crippen LogP contribution >= 0.6 is 0 Å². The molecule has 0 saturated heterocycles. The number of hydrogen-bond acceptors (Lipinski definition) is 2. The summed E-state index contributed by atoms with van der Waals surface area (Å²) in [7, 11) is 4.47. The highest BCUT2D eigenvalue weighted by atomic mass is 15.2. The first-order valence-corrected chi connectivity index (χ1v) is 17.8. The molecule has 0 fully saturated rings. The van der Waals surface area contributed by atoms with Crippen molar-refractivity contribution in [2.45, 2.75) is 78.2 Å². The summed E-state index contributed by atoms with van der Waals surface area (Å²) in [6.45, 7) is 16.7. The molecule has 2 heteroatoms. The van der Waals surface area contributed by atoms with Crippen LogP contribution in [0.15, 0.2) is 132 Å². The Morgan fingerprint density at radius 3 is 2.00 bits per heavy atom. The van der Waals surface area contributed by atoms with Gasteiger partial charge in [0.1, 0.15) is 0 Å². The molecule has 4 aromatic rings. The van der Waals surface area contributed by atoms with E-state index in [1.54, 1.807) is 0 Å². The van der Waals surface area contributed by atoms with Crippen molar-refractivity contribution in [2.75, 3.05) is 23.9 Å². The van der Waals surface area contributed by atoms with Crippen LogP contribution in [0, 0.1) is 11.3 Å². The summed E-state index contributed by atoms with van der Waals surface area (Å²) >= 11 is 0. The van der Waals surface area contributed by atoms with Gasteiger partial charge in [0.05, 0.1) is 6.04 Å². The zero-order valence-corrected chi connectivity index (χ0v) is 30.4. The lowest BCUT2D eigenvalue weighted by molar-refractivity contribution is 0.234. The van der Waals surface area contributed by atoms with Gasteiger partial charge in [-0.25, -0.2) is 0 Å². The van der Waals surface area contributed by atoms with Gasteiger partial charge in [0.25, 0.3) is 0 Å². The molecule has 2 atom stereocenters. The van der Waals surface area contributed by atoms with Gasteiger partial charge in [0.2, 0.25) is 0 Å². The molecule has 2 heterocycles. The Morgan fingerprint density at radius 1 is 0.708 bits per heavy atom. The van der Waals surface area contributed by atoms with E-state index in [-0.39, 0.29) is 16.2 Å². The van der Waals surface area contributed by atoms with Crippen molar-refractivity contribution < 1.29 is 0 Å². The highest BCUT2D eigenvalue weighted by Crippen LogP contribution is 2.51. The van der Waals surface area contributed by atoms with E-state index in [1.165, 1.54) is 60.9 Å². The second kappa shape index (κ2) is 11.7. The van der Waals surface area contributed by atoms with Crippen molar-refractivity contribution in [3.8, 4) is 0 Å². The molecule has 2 unspecified atom stereocenters. The number of rotatable bonds is 4. The highest BCUT2D eigenvalue weighted by Gasteiger charge is 2.43. The minimum Gasteiger partial charge on any atom is -0.367 e. The van der Waals surface area contributed by atoms with E-state index in [0.29, 0.717) is 12.0 Å². The number of benzene rings is 4. The summed E-state index contributed by atoms with van der Waals surface area (Å²) in [6.07, 6.45) is 18.8. The molecular formula is C46H52N2. The largest absolute Gasteiger partial charge is 0.367 e. The topological polar surface area (TPSA) is 6.48 Å². The summed E-state index contributed by atoms with van der Waals surface area (Å²) in [6, 6.07) is 27.0. The van der Waals surface area contributed by atoms with Crippen LogP contribution in [-0.4, -0.2) is 20.1 Å². The lowest BCUT2D eigenvalue weighted by Crippen LogP contribution is -2.37. The van der Waals surface area contributed by atoms with Crippen LogP contribution < -0.4 is 9.80 Å². The zero-order chi connectivity index (χ0) is 34.0. The Kier molecular flexibility index (Phi) is 7.86. The number of likely N-dealkylation sites (N-methyl/N-ethyl adjacent to an activating group) is 2. The van der Waals surface area contributed by atoms with Crippen LogP contribution in [0.25, 0.3) is 21.5 Å². The molecule has 0 aromatic heterocycles. The molecule has 7 rings (SSSR count). The molecule has 2 nitrogen and oxygen atoms in total. The number of allylic oxidation sites excluding steroid dienone is 9. The standard InChI is InChI=1S/C46H52N2/c1-44(2,3)35-29-31(16-14-22-40-45(4,5)42-36-20-12-10-18-33(36)24-26-38(42)47(40)8)28-32(30-35)17-15-23-41-46(6,7)43-37-21-13-11-19-34(37)25-27-39(43)48(41)9/h10-28,35,40H,29-30H2,1-9H3/b17-15+,22-14+,31-16-,41-23+. The quantitative estimate of drug-likeness (QED) is 0.221. The van der Waals surface area contributed by atoms with Gasteiger partial charge in [-0.3, -0.25) is 0 Å². The lowest BCUT2D eigenvalue weighted by atomic mass is 9.71. The van der Waals surface area contributed by atoms with Gasteiger partial charge in [-0.1, -0.05) is 146 Å². The summed E-state index contributed by atoms with van der Waals surface area (Å²) in [5, 5.41) is 5.36. The molecule has 0 saturated carbocycles. The second-order valence-corrected chi connectivity index (χ2v) is 16.6. The number of fused-ring (bicyclic) bond motifs is 6. The first kappa shape index (κ1) is 32.3. The average molecular weight is 633 g/mol. The Hall–Kier alpha value is -4.30. The monoisotopic (exact) mass is 632 g/mol. The van der Waals surface area contributed by atoms with Crippen molar-refractivity contribution in [3.05, 3.63) is 143 Å². The summed E-state index contributed by atoms with van der Waals surface area (Å²) in [4.78, 5) is 4.85. The maximum atomic E-state index is 2.47. The summed E-state index contributed by atoms with van der Waals surface area (Å²) < 4.78 is 0. The predicted octanol–water partition coefficient (Wildman–Crippen LogP) is 11.8. The van der Waals surface area contributed by atoms with Gasteiger partial charge in [-0.05, 0) is 86.2 Å². The number of nitrogens with zero attached hydrogens (tertiary/aromatic N) is 2. The molecule has 0 amide bonds. The van der Waals surface area contributed by atoms with E-state index in [0.717, 1.165) is 12.8 Å². The minimum absolute atomic E-state index is 0.00479. The normalized spacial score (nSPS) is 23.6. The third-order valence-electron chi connectivity index (χ3n) is 11.7. The highest BCUT2D eigenvalue weighted by molar-refractivity contribution is 5.95. The van der Waals surface area contributed by atoms with Crippen LogP contribution in [0.3, 0.4) is 0 Å². The minimum atomic E-state index is -0.0762. The van der Waals surface area contributed by atoms with E-state index < -0.39 is 0 Å². The molecule has 0 spiro atoms. The fourth-order valence-electron chi connectivity index (χ4n) is 8.97. The molecule has 0 bridgehead atoms. The van der Waals surface area contributed by atoms with Gasteiger partial charge in [0.15, 0.2) is 0 Å². The van der Waals surface area contributed by atoms with Crippen molar-refractivity contribution in [2.24, 2.45) is 11.3 Å². The van der Waals surface area contributed by atoms with E-state index in [2.05, 4.69) is 188 Å². The maximum Gasteiger partial charge on any atom is 0.0565 e. The third kappa shape index (κ3) is 5.34. The SMILES string of the molecule is CN1/C(=C/C=C/C2=CC(=C/C=C/C3N(C)c4ccc5ccccc5c4C3(C)C)/CC(C(C)(C)C)C2)C(C)(C)c2c1ccc1ccccc21. The number of anilines is 2. The van der Waals surface area contributed by atoms with E-state index in [9.17, 15) is 0 Å². The molecule has 1 aliphatic carbocycles. The Bertz CT molecular complexity index is 2060. The smallest absolute Gasteiger partial charge is 0.0565 e. The van der Waals surface area contributed by atoms with Gasteiger partial charge in [-0.15, -0.1) is 0 Å². The van der Waals surface area contributed by atoms with Crippen molar-refractivity contribution in [1.82, 2.24) is 0 Å². The fraction of sp³-hybridized carbons (Fsp3) is 0.348. The Labute approximate surface area is 288 Å². The Morgan fingerprint density at radius 2 is 1.33 bits per heavy atom. The van der Waals surface area contributed by atoms with Crippen LogP contribution in [-0.2, 0) is 10.8 Å². The van der Waals surface area contributed by atoms with Gasteiger partial charge in [-0.2, -0.15) is 0 Å². The van der Waals surface area contributed by atoms with Crippen LogP contribution in [0.5, 0.6) is 0 Å². The van der Waals surface area contributed by atoms with Crippen LogP contribution in [0.2, 0.25) is 0 Å². The van der Waals surface area contributed by atoms with E-state index in [1.807, 2.05) is 0 Å². The molecular weight excluding hydrogens is 581 g/mol. The van der Waals surface area contributed by atoms with E-state index in [4.69, 9.17) is 0 Å². The molecule has 0 radical (unpaired) electrons. The Balaban J connectivity index is 1.16. The fourth-order valence-corrected chi connectivity index (χ4v) is 8.97.